The van der Waals surface area contributed by atoms with E-state index in [2.05, 4.69) is 4.98 Å². The van der Waals surface area contributed by atoms with Gasteiger partial charge in [-0.1, -0.05) is 23.8 Å². The van der Waals surface area contributed by atoms with Crippen molar-refractivity contribution in [1.29, 1.82) is 0 Å². The van der Waals surface area contributed by atoms with Crippen LogP contribution in [-0.4, -0.2) is 29.1 Å². The fourth-order valence-corrected chi connectivity index (χ4v) is 2.62. The summed E-state index contributed by atoms with van der Waals surface area (Å²) in [5, 5.41) is 0. The average Bonchev–Trinajstić information content (AvgIpc) is 2.84. The first kappa shape index (κ1) is 16.0. The SMILES string of the molecule is Cc1cccc(-c2ccc(C(=O)O[C@H]3C[C@H](C)OC3=O)c(=O)[nH]2)c1. The molecule has 0 spiro atoms. The molecule has 0 aliphatic carbocycles. The first-order chi connectivity index (χ1) is 11.4. The van der Waals surface area contributed by atoms with E-state index < -0.39 is 23.6 Å². The van der Waals surface area contributed by atoms with Crippen LogP contribution >= 0.6 is 0 Å². The van der Waals surface area contributed by atoms with Gasteiger partial charge in [-0.25, -0.2) is 9.59 Å². The highest BCUT2D eigenvalue weighted by atomic mass is 16.6. The van der Waals surface area contributed by atoms with E-state index in [1.54, 1.807) is 13.0 Å². The monoisotopic (exact) mass is 327 g/mol. The summed E-state index contributed by atoms with van der Waals surface area (Å²) in [6.07, 6.45) is -0.954. The number of nitrogens with one attached hydrogen (secondary N) is 1. The number of aromatic amines is 1. The maximum atomic E-state index is 12.2. The number of hydrogen-bond acceptors (Lipinski definition) is 5. The van der Waals surface area contributed by atoms with Gasteiger partial charge in [0.05, 0.1) is 0 Å². The molecular weight excluding hydrogens is 310 g/mol. The number of carbonyl (C=O) groups is 2. The van der Waals surface area contributed by atoms with Crippen LogP contribution in [0.3, 0.4) is 0 Å². The molecule has 2 heterocycles. The molecule has 0 bridgehead atoms. The molecule has 6 nitrogen and oxygen atoms in total. The average molecular weight is 327 g/mol. The molecule has 1 N–H and O–H groups in total. The Kier molecular flexibility index (Phi) is 4.20. The second-order valence-corrected chi connectivity index (χ2v) is 5.86. The molecule has 3 rings (SSSR count). The minimum Gasteiger partial charge on any atom is -0.460 e. The maximum absolute atomic E-state index is 12.2. The lowest BCUT2D eigenvalue weighted by Gasteiger charge is -2.08. The van der Waals surface area contributed by atoms with Crippen molar-refractivity contribution in [3.05, 3.63) is 57.9 Å². The predicted octanol–water partition coefficient (Wildman–Crippen LogP) is 2.21. The van der Waals surface area contributed by atoms with Gasteiger partial charge in [0.1, 0.15) is 11.7 Å². The highest BCUT2D eigenvalue weighted by Gasteiger charge is 2.35. The highest BCUT2D eigenvalue weighted by Crippen LogP contribution is 2.19. The van der Waals surface area contributed by atoms with Gasteiger partial charge in [0.15, 0.2) is 0 Å². The normalized spacial score (nSPS) is 19.8. The van der Waals surface area contributed by atoms with Gasteiger partial charge >= 0.3 is 11.9 Å². The number of pyridine rings is 1. The summed E-state index contributed by atoms with van der Waals surface area (Å²) in [4.78, 5) is 38.5. The van der Waals surface area contributed by atoms with Crippen molar-refractivity contribution in [3.63, 3.8) is 0 Å². The number of cyclic esters (lactones) is 1. The van der Waals surface area contributed by atoms with E-state index in [0.717, 1.165) is 11.1 Å². The van der Waals surface area contributed by atoms with E-state index in [-0.39, 0.29) is 11.7 Å². The van der Waals surface area contributed by atoms with Crippen LogP contribution in [0.15, 0.2) is 41.2 Å². The molecule has 1 aliphatic rings. The van der Waals surface area contributed by atoms with Crippen molar-refractivity contribution in [2.75, 3.05) is 0 Å². The zero-order chi connectivity index (χ0) is 17.3. The van der Waals surface area contributed by atoms with Crippen molar-refractivity contribution < 1.29 is 19.1 Å². The van der Waals surface area contributed by atoms with Crippen LogP contribution in [0.5, 0.6) is 0 Å². The number of hydrogen-bond donors (Lipinski definition) is 1. The largest absolute Gasteiger partial charge is 0.460 e. The Morgan fingerprint density at radius 2 is 2.04 bits per heavy atom. The third-order valence-electron chi connectivity index (χ3n) is 3.83. The number of ether oxygens (including phenoxy) is 2. The quantitative estimate of drug-likeness (QED) is 0.874. The summed E-state index contributed by atoms with van der Waals surface area (Å²) in [5.41, 5.74) is 1.82. The second-order valence-electron chi connectivity index (χ2n) is 5.86. The summed E-state index contributed by atoms with van der Waals surface area (Å²) in [7, 11) is 0. The molecule has 0 amide bonds. The zero-order valence-electron chi connectivity index (χ0n) is 13.4. The molecule has 2 aromatic rings. The molecule has 2 atom stereocenters. The smallest absolute Gasteiger partial charge is 0.347 e. The molecule has 0 saturated carbocycles. The van der Waals surface area contributed by atoms with Gasteiger partial charge in [-0.2, -0.15) is 0 Å². The Balaban J connectivity index is 1.81. The molecule has 1 aliphatic heterocycles. The van der Waals surface area contributed by atoms with Crippen LogP contribution in [0.4, 0.5) is 0 Å². The van der Waals surface area contributed by atoms with E-state index in [1.807, 2.05) is 31.2 Å². The van der Waals surface area contributed by atoms with Gasteiger partial charge in [-0.3, -0.25) is 4.79 Å². The van der Waals surface area contributed by atoms with E-state index in [0.29, 0.717) is 12.1 Å². The minimum atomic E-state index is -0.955. The van der Waals surface area contributed by atoms with Gasteiger partial charge < -0.3 is 14.5 Å². The topological polar surface area (TPSA) is 85.5 Å². The lowest BCUT2D eigenvalue weighted by atomic mass is 10.1. The van der Waals surface area contributed by atoms with E-state index >= 15 is 0 Å². The first-order valence-electron chi connectivity index (χ1n) is 7.66. The van der Waals surface area contributed by atoms with Crippen LogP contribution in [0, 0.1) is 6.92 Å². The first-order valence-corrected chi connectivity index (χ1v) is 7.66. The fourth-order valence-electron chi connectivity index (χ4n) is 2.62. The van der Waals surface area contributed by atoms with Crippen molar-refractivity contribution in [3.8, 4) is 11.3 Å². The molecule has 124 valence electrons. The number of esters is 2. The Bertz CT molecular complexity index is 854. The number of H-pyrrole nitrogens is 1. The molecule has 0 radical (unpaired) electrons. The van der Waals surface area contributed by atoms with Gasteiger partial charge in [-0.05, 0) is 37.6 Å². The van der Waals surface area contributed by atoms with Crippen LogP contribution in [0.25, 0.3) is 11.3 Å². The molecule has 1 fully saturated rings. The van der Waals surface area contributed by atoms with E-state index in [4.69, 9.17) is 9.47 Å². The summed E-state index contributed by atoms with van der Waals surface area (Å²) >= 11 is 0. The Hall–Kier alpha value is -2.89. The Morgan fingerprint density at radius 1 is 1.25 bits per heavy atom. The number of aryl methyl sites for hydroxylation is 1. The molecule has 1 aromatic carbocycles. The van der Waals surface area contributed by atoms with E-state index in [9.17, 15) is 14.4 Å². The third kappa shape index (κ3) is 3.22. The fraction of sp³-hybridized carbons (Fsp3) is 0.278. The number of aromatic nitrogens is 1. The van der Waals surface area contributed by atoms with Crippen LogP contribution in [0.1, 0.15) is 29.3 Å². The Labute approximate surface area is 138 Å². The number of carbonyl (C=O) groups excluding carboxylic acids is 2. The standard InChI is InChI=1S/C18H17NO5/c1-10-4-3-5-12(8-10)14-7-6-13(16(20)19-14)17(21)24-15-9-11(2)23-18(15)22/h3-8,11,15H,9H2,1-2H3,(H,19,20)/t11-,15-/m0/s1. The van der Waals surface area contributed by atoms with E-state index in [1.165, 1.54) is 6.07 Å². The van der Waals surface area contributed by atoms with Crippen LogP contribution in [-0.2, 0) is 14.3 Å². The summed E-state index contributed by atoms with van der Waals surface area (Å²) in [6.45, 7) is 3.67. The Morgan fingerprint density at radius 3 is 2.67 bits per heavy atom. The highest BCUT2D eigenvalue weighted by molar-refractivity contribution is 5.91. The van der Waals surface area contributed by atoms with Crippen molar-refractivity contribution in [2.24, 2.45) is 0 Å². The van der Waals surface area contributed by atoms with Crippen molar-refractivity contribution >= 4 is 11.9 Å². The van der Waals surface area contributed by atoms with Crippen molar-refractivity contribution in [1.82, 2.24) is 4.98 Å². The number of rotatable bonds is 3. The van der Waals surface area contributed by atoms with Crippen LogP contribution < -0.4 is 5.56 Å². The second kappa shape index (κ2) is 6.31. The minimum absolute atomic E-state index is 0.140. The summed E-state index contributed by atoms with van der Waals surface area (Å²) in [6, 6.07) is 10.7. The van der Waals surface area contributed by atoms with Gasteiger partial charge in [-0.15, -0.1) is 0 Å². The molecule has 0 unspecified atom stereocenters. The van der Waals surface area contributed by atoms with Crippen LogP contribution in [0.2, 0.25) is 0 Å². The third-order valence-corrected chi connectivity index (χ3v) is 3.83. The van der Waals surface area contributed by atoms with Gasteiger partial charge in [0.25, 0.3) is 5.56 Å². The van der Waals surface area contributed by atoms with Gasteiger partial charge in [0.2, 0.25) is 6.10 Å². The lowest BCUT2D eigenvalue weighted by molar-refractivity contribution is -0.147. The molecule has 1 saturated heterocycles. The lowest BCUT2D eigenvalue weighted by Crippen LogP contribution is -2.27. The maximum Gasteiger partial charge on any atom is 0.347 e. The van der Waals surface area contributed by atoms with Gasteiger partial charge in [0, 0.05) is 12.1 Å². The summed E-state index contributed by atoms with van der Waals surface area (Å²) in [5.74, 6) is -1.41. The molecule has 6 heteroatoms. The summed E-state index contributed by atoms with van der Waals surface area (Å²) < 4.78 is 10.0. The predicted molar refractivity (Wildman–Crippen MR) is 86.6 cm³/mol. The molecular formula is C18H17NO5. The molecule has 24 heavy (non-hydrogen) atoms. The van der Waals surface area contributed by atoms with Crippen molar-refractivity contribution in [2.45, 2.75) is 32.5 Å². The molecule has 1 aromatic heterocycles. The zero-order valence-corrected chi connectivity index (χ0v) is 13.4. The number of benzene rings is 1.